The number of nitrogen functional groups attached to an aromatic ring is 1. The fourth-order valence-electron chi connectivity index (χ4n) is 17.5. The Bertz CT molecular complexity index is 2240. The average Bonchev–Trinajstić information content (AvgIpc) is 3.57. The smallest absolute Gasteiger partial charge is 0.160 e. The van der Waals surface area contributed by atoms with Gasteiger partial charge in [0.05, 0.1) is 17.3 Å². The van der Waals surface area contributed by atoms with E-state index in [1.54, 1.807) is 12.1 Å². The number of aliphatic hydroxyl groups is 3. The van der Waals surface area contributed by atoms with Crippen molar-refractivity contribution in [1.29, 1.82) is 0 Å². The predicted molar refractivity (Wildman–Crippen MR) is 263 cm³/mol. The molecule has 0 spiro atoms. The zero-order valence-electron chi connectivity index (χ0n) is 41.8. The molecule has 10 nitrogen and oxygen atoms in total. The number of nitrogens with two attached hydrogens (primary N) is 1. The van der Waals surface area contributed by atoms with Gasteiger partial charge in [-0.3, -0.25) is 9.59 Å². The van der Waals surface area contributed by atoms with Gasteiger partial charge in [0.15, 0.2) is 5.78 Å². The number of anilines is 1. The van der Waals surface area contributed by atoms with E-state index in [2.05, 4.69) is 63.5 Å². The SMILES string of the molecule is CCC[C@H](C[C@@H](O)[C@H]1O[C@]1(C)[C@@H]1CCC[C@@H]1c1cccc(N)c1)C1=C2CC[C@@H]3[C@]4(C)C[C@@H](c5cc(O)cc(CNC)c5)C(=O)[C@]5(C)CCCC[C@@](C)(O)CN[C@@H](C[C@]3(CCO)[C@@]2(C)CC1=O)[C@H]45. The van der Waals surface area contributed by atoms with E-state index in [1.807, 2.05) is 26.1 Å². The third-order valence-corrected chi connectivity index (χ3v) is 20.1. The molecule has 7 aliphatic rings. The van der Waals surface area contributed by atoms with Gasteiger partial charge in [-0.15, -0.1) is 0 Å². The Morgan fingerprint density at radius 1 is 0.970 bits per heavy atom. The minimum Gasteiger partial charge on any atom is -0.508 e. The molecule has 0 unspecified atom stereocenters. The Morgan fingerprint density at radius 3 is 2.48 bits per heavy atom. The minimum atomic E-state index is -0.917. The first-order chi connectivity index (χ1) is 31.8. The fourth-order valence-corrected chi connectivity index (χ4v) is 17.5. The largest absolute Gasteiger partial charge is 0.508 e. The Balaban J connectivity index is 1.09. The number of nitrogens with one attached hydrogen (secondary N) is 2. The van der Waals surface area contributed by atoms with Crippen molar-refractivity contribution in [3.8, 4) is 5.75 Å². The number of carbonyl (C=O) groups excluding carboxylic acids is 2. The molecule has 15 atom stereocenters. The second-order valence-electron chi connectivity index (χ2n) is 24.3. The quantitative estimate of drug-likeness (QED) is 0.0758. The van der Waals surface area contributed by atoms with E-state index >= 15 is 9.59 Å². The topological polar surface area (TPSA) is 178 Å². The summed E-state index contributed by atoms with van der Waals surface area (Å²) in [5.74, 6) is 0.727. The number of phenols is 1. The van der Waals surface area contributed by atoms with Crippen LogP contribution in [0.2, 0.25) is 0 Å². The van der Waals surface area contributed by atoms with Crippen molar-refractivity contribution < 1.29 is 34.8 Å². The van der Waals surface area contributed by atoms with Gasteiger partial charge in [0.25, 0.3) is 0 Å². The van der Waals surface area contributed by atoms with Crippen LogP contribution in [0, 0.1) is 45.3 Å². The molecule has 8 N–H and O–H groups in total. The number of ketones is 2. The summed E-state index contributed by atoms with van der Waals surface area (Å²) in [6.07, 6.45) is 11.2. The van der Waals surface area contributed by atoms with Crippen LogP contribution in [0.1, 0.15) is 173 Å². The van der Waals surface area contributed by atoms with Crippen LogP contribution < -0.4 is 16.4 Å². The first-order valence-electron chi connectivity index (χ1n) is 26.4. The number of aliphatic hydroxyl groups excluding tert-OH is 2. The first kappa shape index (κ1) is 48.9. The normalized spacial score (nSPS) is 41.6. The van der Waals surface area contributed by atoms with Crippen molar-refractivity contribution >= 4 is 17.3 Å². The Hall–Kier alpha value is -3.12. The van der Waals surface area contributed by atoms with Gasteiger partial charge in [0, 0.05) is 54.6 Å². The Morgan fingerprint density at radius 2 is 1.75 bits per heavy atom. The number of hydrogen-bond donors (Lipinski definition) is 7. The van der Waals surface area contributed by atoms with Crippen molar-refractivity contribution in [2.24, 2.45) is 45.3 Å². The van der Waals surface area contributed by atoms with E-state index in [0.717, 1.165) is 86.6 Å². The number of benzene rings is 2. The standard InChI is InChI=1S/C57H83N3O7/c1-8-13-36(28-45(63)51-56(6,67-51)42-17-12-16-40(42)35-14-11-15-38(58)26-35)48-43-18-19-47-54(4)29-41(37-24-34(32-59-7)25-39(62)27-37)50(65)53(3)21-10-9-20-52(2,66)33-60-44(49(53)54)30-57(47,22-23-61)55(43,5)31-46(48)64/h11,14-15,24-27,36,40-42,44-45,47,49,51,59-63,66H,8-10,12-13,16-23,28-33,58H2,1-7H3/t36-,40-,41+,42-,44+,45-,47-,49+,51-,52-,53-,54+,55+,56-,57+/m1/s1. The van der Waals surface area contributed by atoms with Crippen molar-refractivity contribution in [3.63, 3.8) is 0 Å². The molecule has 5 aliphatic carbocycles. The summed E-state index contributed by atoms with van der Waals surface area (Å²) in [5, 5.41) is 53.6. The van der Waals surface area contributed by atoms with Crippen LogP contribution in [-0.2, 0) is 20.9 Å². The molecule has 2 heterocycles. The second-order valence-corrected chi connectivity index (χ2v) is 24.3. The third-order valence-electron chi connectivity index (χ3n) is 20.1. The third kappa shape index (κ3) is 8.08. The predicted octanol–water partition coefficient (Wildman–Crippen LogP) is 9.03. The molecule has 2 aliphatic heterocycles. The van der Waals surface area contributed by atoms with Gasteiger partial charge in [0.1, 0.15) is 17.6 Å². The molecule has 2 saturated heterocycles. The second kappa shape index (κ2) is 17.9. The van der Waals surface area contributed by atoms with Crippen molar-refractivity contribution in [3.05, 3.63) is 70.3 Å². The maximum Gasteiger partial charge on any atom is 0.160 e. The Labute approximate surface area is 400 Å². The average molecular weight is 922 g/mol. The monoisotopic (exact) mass is 922 g/mol. The summed E-state index contributed by atoms with van der Waals surface area (Å²) in [7, 11) is 1.89. The highest BCUT2D eigenvalue weighted by Gasteiger charge is 2.73. The minimum absolute atomic E-state index is 0.0138. The molecule has 2 aromatic rings. The number of carbonyl (C=O) groups is 2. The number of β-amino-alcohol motifs (C(OH)–C–C–N with tert-alkyl or cyclic N) is 1. The van der Waals surface area contributed by atoms with Crippen LogP contribution in [-0.4, -0.2) is 81.6 Å². The highest BCUT2D eigenvalue weighted by atomic mass is 16.6. The lowest BCUT2D eigenvalue weighted by molar-refractivity contribution is -0.208. The van der Waals surface area contributed by atoms with Crippen LogP contribution >= 0.6 is 0 Å². The van der Waals surface area contributed by atoms with E-state index in [1.165, 1.54) is 11.1 Å². The number of phenolic OH excluding ortho intramolecular Hbond substituents is 1. The van der Waals surface area contributed by atoms with E-state index in [0.29, 0.717) is 57.5 Å². The number of ether oxygens (including phenoxy) is 1. The lowest BCUT2D eigenvalue weighted by Crippen LogP contribution is -2.71. The van der Waals surface area contributed by atoms with Gasteiger partial charge in [-0.2, -0.15) is 0 Å². The molecule has 6 fully saturated rings. The summed E-state index contributed by atoms with van der Waals surface area (Å²) in [5.41, 5.74) is 8.75. The molecule has 4 saturated carbocycles. The lowest BCUT2D eigenvalue weighted by atomic mass is 9.33. The molecule has 0 bridgehead atoms. The van der Waals surface area contributed by atoms with Gasteiger partial charge >= 0.3 is 0 Å². The van der Waals surface area contributed by atoms with Crippen molar-refractivity contribution in [1.82, 2.24) is 10.6 Å². The van der Waals surface area contributed by atoms with Gasteiger partial charge in [-0.05, 0) is 178 Å². The highest BCUT2D eigenvalue weighted by Crippen LogP contribution is 2.76. The number of aromatic hydroxyl groups is 1. The number of rotatable bonds is 13. The molecule has 368 valence electrons. The van der Waals surface area contributed by atoms with Crippen LogP contribution in [0.25, 0.3) is 0 Å². The Kier molecular flexibility index (Phi) is 13.1. The maximum atomic E-state index is 15.5. The summed E-state index contributed by atoms with van der Waals surface area (Å²) >= 11 is 0. The van der Waals surface area contributed by atoms with E-state index in [9.17, 15) is 20.4 Å². The molecule has 0 radical (unpaired) electrons. The van der Waals surface area contributed by atoms with Gasteiger partial charge in [0.2, 0.25) is 0 Å². The van der Waals surface area contributed by atoms with E-state index in [-0.39, 0.29) is 59.7 Å². The molecular weight excluding hydrogens is 839 g/mol. The van der Waals surface area contributed by atoms with E-state index < -0.39 is 44.9 Å². The number of hydrogen-bond acceptors (Lipinski definition) is 10. The summed E-state index contributed by atoms with van der Waals surface area (Å²) in [4.78, 5) is 30.7. The maximum absolute atomic E-state index is 15.5. The van der Waals surface area contributed by atoms with Gasteiger partial charge in [-0.1, -0.05) is 77.2 Å². The number of allylic oxidation sites excluding steroid dienone is 2. The molecule has 0 amide bonds. The summed E-state index contributed by atoms with van der Waals surface area (Å²) < 4.78 is 6.60. The zero-order chi connectivity index (χ0) is 47.9. The number of epoxide rings is 1. The van der Waals surface area contributed by atoms with Crippen molar-refractivity contribution in [2.45, 2.75) is 192 Å². The molecule has 10 heteroatoms. The molecular formula is C57H83N3O7. The van der Waals surface area contributed by atoms with Crippen LogP contribution in [0.15, 0.2) is 53.6 Å². The van der Waals surface area contributed by atoms with Crippen LogP contribution in [0.4, 0.5) is 5.69 Å². The molecule has 67 heavy (non-hydrogen) atoms. The number of Topliss-reactive ketones (excluding diaryl/α,β-unsaturated/α-hetero) is 2. The molecule has 0 aromatic heterocycles. The van der Waals surface area contributed by atoms with Crippen molar-refractivity contribution in [2.75, 3.05) is 25.9 Å². The van der Waals surface area contributed by atoms with Crippen LogP contribution in [0.3, 0.4) is 0 Å². The lowest BCUT2D eigenvalue weighted by Gasteiger charge is -2.72. The number of fused-ring (bicyclic) bond motifs is 4. The van der Waals surface area contributed by atoms with Crippen LogP contribution in [0.5, 0.6) is 5.75 Å². The van der Waals surface area contributed by atoms with Gasteiger partial charge < -0.3 is 41.5 Å². The summed E-state index contributed by atoms with van der Waals surface area (Å²) in [6, 6.07) is 13.8. The zero-order valence-corrected chi connectivity index (χ0v) is 41.8. The fraction of sp³-hybridized carbons (Fsp3) is 0.719. The first-order valence-corrected chi connectivity index (χ1v) is 26.4. The van der Waals surface area contributed by atoms with E-state index in [4.69, 9.17) is 10.5 Å². The van der Waals surface area contributed by atoms with Gasteiger partial charge in [-0.25, -0.2) is 0 Å². The molecule has 9 rings (SSSR count). The highest BCUT2D eigenvalue weighted by molar-refractivity contribution is 6.01. The summed E-state index contributed by atoms with van der Waals surface area (Å²) in [6.45, 7) is 14.2. The molecule has 2 aromatic carbocycles.